The summed E-state index contributed by atoms with van der Waals surface area (Å²) in [5, 5.41) is 0. The molecule has 17 heteroatoms. The predicted octanol–water partition coefficient (Wildman–Crippen LogP) is 4.93. The van der Waals surface area contributed by atoms with Gasteiger partial charge in [0.05, 0.1) is 0 Å². The molecule has 0 heterocycles. The third-order valence-corrected chi connectivity index (χ3v) is 19.9. The topological polar surface area (TPSA) is 86.7 Å². The van der Waals surface area contributed by atoms with Gasteiger partial charge in [0, 0.05) is 0 Å². The molecule has 0 aromatic carbocycles. The molecule has 0 aliphatic heterocycles. The summed E-state index contributed by atoms with van der Waals surface area (Å²) in [5.41, 5.74) is -9.26. The molecule has 0 saturated carbocycles. The van der Waals surface area contributed by atoms with Crippen molar-refractivity contribution in [3.8, 4) is 0 Å². The van der Waals surface area contributed by atoms with Gasteiger partial charge in [0.25, 0.3) is 19.7 Å². The summed E-state index contributed by atoms with van der Waals surface area (Å²) in [5.74, 6) is 0. The molecule has 0 aromatic rings. The molecule has 6 nitrogen and oxygen atoms in total. The lowest BCUT2D eigenvalue weighted by Crippen LogP contribution is -2.53. The normalized spacial score (nSPS) is 15.1. The van der Waals surface area contributed by atoms with E-state index in [9.17, 15) is 43.2 Å². The zero-order valence-corrected chi connectivity index (χ0v) is 22.9. The highest BCUT2D eigenvalue weighted by molar-refractivity contribution is 8.09. The minimum absolute atomic E-state index is 0.237. The number of rotatable bonds is 12. The lowest BCUT2D eigenvalue weighted by molar-refractivity contribution is -0.0472. The van der Waals surface area contributed by atoms with E-state index in [0.29, 0.717) is 0 Å². The first-order valence-corrected chi connectivity index (χ1v) is 20.7. The fourth-order valence-electron chi connectivity index (χ4n) is 2.68. The molecule has 0 fully saturated rings. The zero-order chi connectivity index (χ0) is 26.0. The maximum absolute atomic E-state index is 12.9. The van der Waals surface area contributed by atoms with Crippen molar-refractivity contribution in [2.45, 2.75) is 67.2 Å². The van der Waals surface area contributed by atoms with E-state index < -0.39 is 73.3 Å². The SMILES string of the molecule is C=C[Si](C)(C)O[Si](C)(CCCC(S(=O)(=O)C(F)(F)F)S(=O)(=O)C(F)(F)F)O[Si](C)(C)C=C. The van der Waals surface area contributed by atoms with Gasteiger partial charge in [0.15, 0.2) is 21.2 Å². The molecule has 32 heavy (non-hydrogen) atoms. The quantitative estimate of drug-likeness (QED) is 0.246. The highest BCUT2D eigenvalue weighted by atomic mass is 32.3. The average molecular weight is 567 g/mol. The van der Waals surface area contributed by atoms with Crippen LogP contribution < -0.4 is 0 Å². The molecule has 0 spiro atoms. The van der Waals surface area contributed by atoms with E-state index >= 15 is 0 Å². The Hall–Kier alpha value is -0.469. The van der Waals surface area contributed by atoms with Crippen molar-refractivity contribution in [2.75, 3.05) is 0 Å². The van der Waals surface area contributed by atoms with Crippen LogP contribution in [0.4, 0.5) is 26.3 Å². The number of sulfone groups is 2. The van der Waals surface area contributed by atoms with Crippen LogP contribution in [-0.2, 0) is 27.9 Å². The van der Waals surface area contributed by atoms with Crippen molar-refractivity contribution in [1.82, 2.24) is 0 Å². The summed E-state index contributed by atoms with van der Waals surface area (Å²) in [6.45, 7) is 15.8. The van der Waals surface area contributed by atoms with Crippen molar-refractivity contribution in [1.29, 1.82) is 0 Å². The molecular weight excluding hydrogens is 539 g/mol. The molecule has 0 radical (unpaired) electrons. The first kappa shape index (κ1) is 31.5. The molecule has 0 atom stereocenters. The first-order valence-electron chi connectivity index (χ1n) is 9.15. The van der Waals surface area contributed by atoms with Crippen LogP contribution in [0.1, 0.15) is 12.8 Å². The molecule has 0 aromatic heterocycles. The zero-order valence-electron chi connectivity index (χ0n) is 18.3. The average Bonchev–Trinajstić information content (AvgIpc) is 2.55. The van der Waals surface area contributed by atoms with E-state index in [1.165, 1.54) is 6.55 Å². The lowest BCUT2D eigenvalue weighted by atomic mass is 10.4. The van der Waals surface area contributed by atoms with E-state index in [1.54, 1.807) is 37.6 Å². The fraction of sp³-hybridized carbons (Fsp3) is 0.733. The molecule has 0 amide bonds. The Kier molecular flexibility index (Phi) is 9.88. The van der Waals surface area contributed by atoms with Gasteiger partial charge in [-0.25, -0.2) is 16.8 Å². The first-order chi connectivity index (χ1) is 13.9. The largest absolute Gasteiger partial charge is 0.498 e. The smallest absolute Gasteiger partial charge is 0.433 e. The van der Waals surface area contributed by atoms with Gasteiger partial charge in [-0.3, -0.25) is 0 Å². The molecule has 0 rings (SSSR count). The second-order valence-corrected chi connectivity index (χ2v) is 24.4. The molecular formula is C15H28F6O6S2Si3. The van der Waals surface area contributed by atoms with Crippen LogP contribution in [0.25, 0.3) is 0 Å². The summed E-state index contributed by atoms with van der Waals surface area (Å²) in [6, 6.07) is -0.237. The van der Waals surface area contributed by atoms with Crippen LogP contribution >= 0.6 is 0 Å². The van der Waals surface area contributed by atoms with E-state index in [2.05, 4.69) is 13.2 Å². The van der Waals surface area contributed by atoms with Crippen molar-refractivity contribution in [3.63, 3.8) is 0 Å². The Morgan fingerprint density at radius 2 is 1.09 bits per heavy atom. The van der Waals surface area contributed by atoms with Crippen molar-refractivity contribution >= 4 is 44.9 Å². The fourth-order valence-corrected chi connectivity index (χ4v) is 18.0. The van der Waals surface area contributed by atoms with E-state index in [0.717, 1.165) is 0 Å². The van der Waals surface area contributed by atoms with E-state index in [4.69, 9.17) is 8.23 Å². The monoisotopic (exact) mass is 566 g/mol. The Balaban J connectivity index is 6.11. The molecule has 0 bridgehead atoms. The van der Waals surface area contributed by atoms with Crippen molar-refractivity contribution in [2.24, 2.45) is 0 Å². The Morgan fingerprint density at radius 1 is 0.781 bits per heavy atom. The maximum atomic E-state index is 12.9. The van der Waals surface area contributed by atoms with Crippen LogP contribution in [0, 0.1) is 0 Å². The Bertz CT molecular complexity index is 832. The summed E-state index contributed by atoms with van der Waals surface area (Å²) in [6.07, 6.45) is -2.05. The van der Waals surface area contributed by atoms with Crippen molar-refractivity contribution < 1.29 is 51.4 Å². The molecule has 0 aliphatic rings. The summed E-state index contributed by atoms with van der Waals surface area (Å²) in [4.78, 5) is 0. The number of halogens is 6. The molecule has 0 N–H and O–H groups in total. The molecule has 0 unspecified atom stereocenters. The molecule has 190 valence electrons. The van der Waals surface area contributed by atoms with Crippen LogP contribution in [0.2, 0.25) is 38.8 Å². The summed E-state index contributed by atoms with van der Waals surface area (Å²) in [7, 11) is -21.7. The Labute approximate surface area is 188 Å². The summed E-state index contributed by atoms with van der Waals surface area (Å²) < 4.78 is 133. The highest BCUT2D eigenvalue weighted by Crippen LogP contribution is 2.39. The van der Waals surface area contributed by atoms with Gasteiger partial charge in [-0.1, -0.05) is 11.4 Å². The Morgan fingerprint density at radius 3 is 1.34 bits per heavy atom. The second-order valence-electron chi connectivity index (χ2n) is 8.26. The van der Waals surface area contributed by atoms with Gasteiger partial charge in [0.2, 0.25) is 0 Å². The van der Waals surface area contributed by atoms with Gasteiger partial charge in [0.1, 0.15) is 0 Å². The van der Waals surface area contributed by atoms with Gasteiger partial charge in [-0.2, -0.15) is 26.3 Å². The van der Waals surface area contributed by atoms with Gasteiger partial charge >= 0.3 is 19.6 Å². The standard InChI is InChI=1S/C15H28F6O6S2Si3/c1-8-30(3,4)26-32(7,27-31(5,6)9-2)12-10-11-13(28(22,23)14(16,17)18)29(24,25)15(19,20)21/h8-9,13H,1-2,10-12H2,3-7H3. The van der Waals surface area contributed by atoms with Gasteiger partial charge < -0.3 is 8.23 Å². The summed E-state index contributed by atoms with van der Waals surface area (Å²) >= 11 is 0. The molecule has 0 aliphatic carbocycles. The number of alkyl halides is 6. The van der Waals surface area contributed by atoms with Gasteiger partial charge in [-0.05, 0) is 51.6 Å². The third-order valence-electron chi connectivity index (χ3n) is 4.35. The van der Waals surface area contributed by atoms with Crippen LogP contribution in [0.15, 0.2) is 24.6 Å². The van der Waals surface area contributed by atoms with Crippen LogP contribution in [0.3, 0.4) is 0 Å². The van der Waals surface area contributed by atoms with Gasteiger partial charge in [-0.15, -0.1) is 13.2 Å². The minimum Gasteiger partial charge on any atom is -0.433 e. The third kappa shape index (κ3) is 8.08. The predicted molar refractivity (Wildman–Crippen MR) is 117 cm³/mol. The van der Waals surface area contributed by atoms with Crippen molar-refractivity contribution in [3.05, 3.63) is 24.6 Å². The van der Waals surface area contributed by atoms with Crippen LogP contribution in [0.5, 0.6) is 0 Å². The second kappa shape index (κ2) is 10.0. The van der Waals surface area contributed by atoms with Crippen LogP contribution in [-0.4, -0.2) is 57.6 Å². The highest BCUT2D eigenvalue weighted by Gasteiger charge is 2.62. The molecule has 0 saturated heterocycles. The van der Waals surface area contributed by atoms with E-state index in [-0.39, 0.29) is 6.04 Å². The van der Waals surface area contributed by atoms with E-state index in [1.807, 2.05) is 0 Å². The number of hydrogen-bond donors (Lipinski definition) is 0. The number of hydrogen-bond acceptors (Lipinski definition) is 6. The minimum atomic E-state index is -6.67. The lowest BCUT2D eigenvalue weighted by Gasteiger charge is -2.39. The maximum Gasteiger partial charge on any atom is 0.498 e.